The SMILES string of the molecule is Cc1ccc2c(c1)CCCN2C(=S)Nc1ccccc1. The zero-order valence-corrected chi connectivity index (χ0v) is 12.4. The molecule has 1 aliphatic heterocycles. The second kappa shape index (κ2) is 5.63. The standard InChI is InChI=1S/C17H18N2S/c1-13-9-10-16-14(12-13)6-5-11-19(16)17(20)18-15-7-3-2-4-8-15/h2-4,7-10,12H,5-6,11H2,1H3,(H,18,20). The summed E-state index contributed by atoms with van der Waals surface area (Å²) < 4.78 is 0. The molecule has 0 amide bonds. The van der Waals surface area contributed by atoms with Gasteiger partial charge in [0.05, 0.1) is 0 Å². The van der Waals surface area contributed by atoms with Crippen LogP contribution in [0.2, 0.25) is 0 Å². The highest BCUT2D eigenvalue weighted by Gasteiger charge is 2.20. The maximum atomic E-state index is 5.58. The van der Waals surface area contributed by atoms with Gasteiger partial charge in [0.25, 0.3) is 0 Å². The number of hydrogen-bond donors (Lipinski definition) is 1. The quantitative estimate of drug-likeness (QED) is 0.791. The Kier molecular flexibility index (Phi) is 3.70. The average molecular weight is 282 g/mol. The van der Waals surface area contributed by atoms with Crippen LogP contribution in [-0.2, 0) is 6.42 Å². The Bertz CT molecular complexity index is 622. The highest BCUT2D eigenvalue weighted by molar-refractivity contribution is 7.80. The molecule has 0 radical (unpaired) electrons. The maximum Gasteiger partial charge on any atom is 0.177 e. The van der Waals surface area contributed by atoms with E-state index < -0.39 is 0 Å². The van der Waals surface area contributed by atoms with E-state index >= 15 is 0 Å². The molecule has 1 heterocycles. The molecule has 0 unspecified atom stereocenters. The van der Waals surface area contributed by atoms with Crippen LogP contribution >= 0.6 is 12.2 Å². The lowest BCUT2D eigenvalue weighted by Gasteiger charge is -2.32. The Hall–Kier alpha value is -1.87. The van der Waals surface area contributed by atoms with Crippen LogP contribution in [0.4, 0.5) is 11.4 Å². The minimum atomic E-state index is 0.779. The van der Waals surface area contributed by atoms with Crippen molar-refractivity contribution >= 4 is 28.7 Å². The predicted octanol–water partition coefficient (Wildman–Crippen LogP) is 4.14. The van der Waals surface area contributed by atoms with Crippen LogP contribution in [0.1, 0.15) is 17.5 Å². The molecule has 0 fully saturated rings. The minimum absolute atomic E-state index is 0.779. The van der Waals surface area contributed by atoms with Gasteiger partial charge < -0.3 is 10.2 Å². The predicted molar refractivity (Wildman–Crippen MR) is 89.5 cm³/mol. The topological polar surface area (TPSA) is 15.3 Å². The number of nitrogens with one attached hydrogen (secondary N) is 1. The van der Waals surface area contributed by atoms with Crippen LogP contribution in [0.25, 0.3) is 0 Å². The molecule has 2 aromatic rings. The van der Waals surface area contributed by atoms with Gasteiger partial charge in [0, 0.05) is 17.9 Å². The fourth-order valence-electron chi connectivity index (χ4n) is 2.65. The van der Waals surface area contributed by atoms with E-state index in [9.17, 15) is 0 Å². The molecule has 2 aromatic carbocycles. The summed E-state index contributed by atoms with van der Waals surface area (Å²) in [6, 6.07) is 16.7. The fraction of sp³-hybridized carbons (Fsp3) is 0.235. The first-order valence-corrected chi connectivity index (χ1v) is 7.38. The Morgan fingerprint density at radius 3 is 2.75 bits per heavy atom. The highest BCUT2D eigenvalue weighted by atomic mass is 32.1. The number of anilines is 2. The van der Waals surface area contributed by atoms with Gasteiger partial charge in [-0.3, -0.25) is 0 Å². The molecule has 0 spiro atoms. The zero-order valence-electron chi connectivity index (χ0n) is 11.6. The number of rotatable bonds is 1. The molecule has 1 N–H and O–H groups in total. The first-order valence-electron chi connectivity index (χ1n) is 6.97. The smallest absolute Gasteiger partial charge is 0.177 e. The van der Waals surface area contributed by atoms with Crippen molar-refractivity contribution in [3.63, 3.8) is 0 Å². The number of benzene rings is 2. The van der Waals surface area contributed by atoms with Gasteiger partial charge in [0.1, 0.15) is 0 Å². The second-order valence-corrected chi connectivity index (χ2v) is 5.57. The molecular weight excluding hydrogens is 264 g/mol. The fourth-order valence-corrected chi connectivity index (χ4v) is 2.96. The molecule has 0 aliphatic carbocycles. The van der Waals surface area contributed by atoms with Gasteiger partial charge in [-0.15, -0.1) is 0 Å². The van der Waals surface area contributed by atoms with Crippen LogP contribution in [0.15, 0.2) is 48.5 Å². The number of aryl methyl sites for hydroxylation is 2. The van der Waals surface area contributed by atoms with E-state index in [1.807, 2.05) is 30.3 Å². The van der Waals surface area contributed by atoms with E-state index in [4.69, 9.17) is 12.2 Å². The van der Waals surface area contributed by atoms with Crippen molar-refractivity contribution in [2.75, 3.05) is 16.8 Å². The van der Waals surface area contributed by atoms with Crippen LogP contribution in [-0.4, -0.2) is 11.7 Å². The summed E-state index contributed by atoms with van der Waals surface area (Å²) in [6.07, 6.45) is 2.29. The summed E-state index contributed by atoms with van der Waals surface area (Å²) in [6.45, 7) is 3.12. The Balaban J connectivity index is 1.83. The van der Waals surface area contributed by atoms with E-state index in [-0.39, 0.29) is 0 Å². The molecule has 0 saturated heterocycles. The number of nitrogens with zero attached hydrogens (tertiary/aromatic N) is 1. The summed E-state index contributed by atoms with van der Waals surface area (Å²) in [5.74, 6) is 0. The lowest BCUT2D eigenvalue weighted by atomic mass is 10.00. The minimum Gasteiger partial charge on any atom is -0.332 e. The van der Waals surface area contributed by atoms with Gasteiger partial charge in [0.15, 0.2) is 5.11 Å². The van der Waals surface area contributed by atoms with E-state index in [0.717, 1.165) is 30.2 Å². The molecule has 0 saturated carbocycles. The number of fused-ring (bicyclic) bond motifs is 1. The molecule has 2 nitrogen and oxygen atoms in total. The molecule has 0 bridgehead atoms. The highest BCUT2D eigenvalue weighted by Crippen LogP contribution is 2.28. The maximum absolute atomic E-state index is 5.58. The van der Waals surface area contributed by atoms with Gasteiger partial charge in [-0.05, 0) is 55.7 Å². The van der Waals surface area contributed by atoms with Crippen molar-refractivity contribution in [2.45, 2.75) is 19.8 Å². The van der Waals surface area contributed by atoms with Gasteiger partial charge in [-0.1, -0.05) is 35.9 Å². The third kappa shape index (κ3) is 2.68. The van der Waals surface area contributed by atoms with Crippen LogP contribution in [0.3, 0.4) is 0 Å². The molecule has 0 atom stereocenters. The lowest BCUT2D eigenvalue weighted by molar-refractivity contribution is 0.780. The summed E-state index contributed by atoms with van der Waals surface area (Å²) >= 11 is 5.58. The molecule has 0 aromatic heterocycles. The second-order valence-electron chi connectivity index (χ2n) is 5.18. The van der Waals surface area contributed by atoms with Crippen molar-refractivity contribution in [2.24, 2.45) is 0 Å². The Morgan fingerprint density at radius 2 is 1.95 bits per heavy atom. The number of hydrogen-bond acceptors (Lipinski definition) is 1. The summed E-state index contributed by atoms with van der Waals surface area (Å²) in [4.78, 5) is 2.21. The molecule has 102 valence electrons. The summed E-state index contributed by atoms with van der Waals surface area (Å²) in [5, 5.41) is 4.10. The van der Waals surface area contributed by atoms with E-state index in [0.29, 0.717) is 0 Å². The first kappa shape index (κ1) is 13.1. The molecule has 20 heavy (non-hydrogen) atoms. The van der Waals surface area contributed by atoms with Crippen molar-refractivity contribution in [1.82, 2.24) is 0 Å². The summed E-state index contributed by atoms with van der Waals surface area (Å²) in [5.41, 5.74) is 4.99. The summed E-state index contributed by atoms with van der Waals surface area (Å²) in [7, 11) is 0. The number of para-hydroxylation sites is 1. The van der Waals surface area contributed by atoms with E-state index in [1.54, 1.807) is 0 Å². The van der Waals surface area contributed by atoms with Crippen LogP contribution in [0, 0.1) is 6.92 Å². The lowest BCUT2D eigenvalue weighted by Crippen LogP contribution is -2.38. The Morgan fingerprint density at radius 1 is 1.15 bits per heavy atom. The largest absolute Gasteiger partial charge is 0.332 e. The monoisotopic (exact) mass is 282 g/mol. The van der Waals surface area contributed by atoms with Crippen molar-refractivity contribution in [3.05, 3.63) is 59.7 Å². The van der Waals surface area contributed by atoms with Crippen molar-refractivity contribution in [1.29, 1.82) is 0 Å². The van der Waals surface area contributed by atoms with Gasteiger partial charge in [0.2, 0.25) is 0 Å². The van der Waals surface area contributed by atoms with Gasteiger partial charge in [-0.2, -0.15) is 0 Å². The first-order chi connectivity index (χ1) is 9.74. The van der Waals surface area contributed by atoms with E-state index in [1.165, 1.54) is 16.8 Å². The third-order valence-corrected chi connectivity index (χ3v) is 3.95. The normalized spacial score (nSPS) is 13.8. The van der Waals surface area contributed by atoms with E-state index in [2.05, 4.69) is 35.3 Å². The molecular formula is C17H18N2S. The third-order valence-electron chi connectivity index (χ3n) is 3.62. The molecule has 1 aliphatic rings. The van der Waals surface area contributed by atoms with Crippen LogP contribution in [0.5, 0.6) is 0 Å². The van der Waals surface area contributed by atoms with Crippen LogP contribution < -0.4 is 10.2 Å². The van der Waals surface area contributed by atoms with Gasteiger partial charge in [-0.25, -0.2) is 0 Å². The molecule has 3 heteroatoms. The Labute approximate surface area is 125 Å². The average Bonchev–Trinajstić information content (AvgIpc) is 2.47. The molecule has 3 rings (SSSR count). The van der Waals surface area contributed by atoms with Crippen molar-refractivity contribution < 1.29 is 0 Å². The zero-order chi connectivity index (χ0) is 13.9. The number of thiocarbonyl (C=S) groups is 1. The van der Waals surface area contributed by atoms with Gasteiger partial charge >= 0.3 is 0 Å². The van der Waals surface area contributed by atoms with Crippen molar-refractivity contribution in [3.8, 4) is 0 Å².